The molecule has 0 radical (unpaired) electrons. The zero-order valence-corrected chi connectivity index (χ0v) is 17.4. The van der Waals surface area contributed by atoms with Crippen LogP contribution in [-0.4, -0.2) is 60.2 Å². The van der Waals surface area contributed by atoms with Crippen molar-refractivity contribution in [2.24, 2.45) is 0 Å². The maximum atomic E-state index is 12.5. The van der Waals surface area contributed by atoms with Gasteiger partial charge in [0.25, 0.3) is 0 Å². The summed E-state index contributed by atoms with van der Waals surface area (Å²) < 4.78 is 7.42. The average Bonchev–Trinajstić information content (AvgIpc) is 3.25. The number of hydrogen-bond donors (Lipinski definition) is 1. The summed E-state index contributed by atoms with van der Waals surface area (Å²) in [6.07, 6.45) is 3.83. The number of rotatable bonds is 6. The molecule has 0 atom stereocenters. The van der Waals surface area contributed by atoms with E-state index < -0.39 is 0 Å². The molecule has 3 aromatic rings. The number of nitrogens with zero attached hydrogens (tertiary/aromatic N) is 4. The Kier molecular flexibility index (Phi) is 5.99. The molecule has 1 aliphatic rings. The third kappa shape index (κ3) is 4.46. The fourth-order valence-corrected chi connectivity index (χ4v) is 3.68. The Balaban J connectivity index is 1.34. The lowest BCUT2D eigenvalue weighted by Gasteiger charge is -2.35. The molecule has 7 nitrogen and oxygen atoms in total. The van der Waals surface area contributed by atoms with E-state index in [1.807, 2.05) is 36.7 Å². The van der Waals surface area contributed by atoms with Crippen LogP contribution in [0.5, 0.6) is 5.75 Å². The van der Waals surface area contributed by atoms with Gasteiger partial charge in [0.1, 0.15) is 5.75 Å². The zero-order valence-electron chi connectivity index (χ0n) is 17.4. The summed E-state index contributed by atoms with van der Waals surface area (Å²) in [6, 6.07) is 15.9. The number of carbonyl (C=O) groups excluding carboxylic acids is 1. The van der Waals surface area contributed by atoms with Crippen LogP contribution in [-0.2, 0) is 4.79 Å². The normalized spacial score (nSPS) is 14.5. The van der Waals surface area contributed by atoms with Crippen LogP contribution in [0.1, 0.15) is 5.56 Å². The maximum Gasteiger partial charge on any atom is 0.238 e. The van der Waals surface area contributed by atoms with Crippen molar-refractivity contribution in [2.75, 3.05) is 50.1 Å². The summed E-state index contributed by atoms with van der Waals surface area (Å²) in [4.78, 5) is 21.5. The number of ether oxygens (including phenoxy) is 1. The van der Waals surface area contributed by atoms with Crippen molar-refractivity contribution in [1.82, 2.24) is 14.5 Å². The highest BCUT2D eigenvalue weighted by Gasteiger charge is 2.22. The minimum Gasteiger partial charge on any atom is -0.495 e. The number of amides is 1. The highest BCUT2D eigenvalue weighted by atomic mass is 16.5. The van der Waals surface area contributed by atoms with Gasteiger partial charge in [0.05, 0.1) is 19.3 Å². The molecule has 0 bridgehead atoms. The van der Waals surface area contributed by atoms with E-state index in [4.69, 9.17) is 4.74 Å². The van der Waals surface area contributed by atoms with Crippen molar-refractivity contribution in [2.45, 2.75) is 6.92 Å². The van der Waals surface area contributed by atoms with Gasteiger partial charge in [0.2, 0.25) is 11.9 Å². The topological polar surface area (TPSA) is 62.6 Å². The Morgan fingerprint density at radius 2 is 1.80 bits per heavy atom. The third-order valence-corrected chi connectivity index (χ3v) is 5.34. The van der Waals surface area contributed by atoms with Crippen LogP contribution >= 0.6 is 0 Å². The number of para-hydroxylation sites is 2. The van der Waals surface area contributed by atoms with Gasteiger partial charge in [-0.1, -0.05) is 29.8 Å². The Labute approximate surface area is 176 Å². The molecule has 0 saturated carbocycles. The first kappa shape index (κ1) is 20.0. The number of aromatic nitrogens is 2. The monoisotopic (exact) mass is 405 g/mol. The van der Waals surface area contributed by atoms with E-state index in [0.717, 1.165) is 37.8 Å². The molecule has 1 aromatic heterocycles. The van der Waals surface area contributed by atoms with Crippen LogP contribution in [0.15, 0.2) is 60.9 Å². The molecule has 156 valence electrons. The quantitative estimate of drug-likeness (QED) is 0.683. The van der Waals surface area contributed by atoms with Gasteiger partial charge < -0.3 is 15.0 Å². The van der Waals surface area contributed by atoms with E-state index in [-0.39, 0.29) is 5.91 Å². The van der Waals surface area contributed by atoms with Crippen LogP contribution in [0, 0.1) is 6.92 Å². The number of hydrogen-bond acceptors (Lipinski definition) is 5. The molecule has 4 rings (SSSR count). The SMILES string of the molecule is COc1ccccc1NC(=O)CN1CCN(c2nccn2-c2ccc(C)cc2)CC1. The highest BCUT2D eigenvalue weighted by molar-refractivity contribution is 5.93. The number of carbonyl (C=O) groups is 1. The molecule has 0 aliphatic carbocycles. The van der Waals surface area contributed by atoms with Crippen LogP contribution in [0.3, 0.4) is 0 Å². The Bertz CT molecular complexity index is 991. The van der Waals surface area contributed by atoms with Crippen LogP contribution in [0.2, 0.25) is 0 Å². The third-order valence-electron chi connectivity index (χ3n) is 5.34. The van der Waals surface area contributed by atoms with Gasteiger partial charge >= 0.3 is 0 Å². The molecule has 1 fully saturated rings. The summed E-state index contributed by atoms with van der Waals surface area (Å²) >= 11 is 0. The molecule has 2 heterocycles. The first-order chi connectivity index (χ1) is 14.6. The van der Waals surface area contributed by atoms with E-state index in [2.05, 4.69) is 55.9 Å². The first-order valence-corrected chi connectivity index (χ1v) is 10.1. The molecule has 0 spiro atoms. The lowest BCUT2D eigenvalue weighted by Crippen LogP contribution is -2.49. The van der Waals surface area contributed by atoms with Crippen molar-refractivity contribution in [1.29, 1.82) is 0 Å². The lowest BCUT2D eigenvalue weighted by atomic mass is 10.2. The number of imidazole rings is 1. The molecular formula is C23H27N5O2. The molecule has 30 heavy (non-hydrogen) atoms. The Morgan fingerprint density at radius 3 is 2.53 bits per heavy atom. The zero-order chi connectivity index (χ0) is 20.9. The van der Waals surface area contributed by atoms with E-state index in [1.165, 1.54) is 5.56 Å². The minimum absolute atomic E-state index is 0.0332. The van der Waals surface area contributed by atoms with Gasteiger partial charge in [-0.15, -0.1) is 0 Å². The van der Waals surface area contributed by atoms with Crippen molar-refractivity contribution in [3.63, 3.8) is 0 Å². The smallest absolute Gasteiger partial charge is 0.238 e. The molecule has 1 aliphatic heterocycles. The molecule has 1 amide bonds. The molecule has 2 aromatic carbocycles. The maximum absolute atomic E-state index is 12.5. The van der Waals surface area contributed by atoms with Gasteiger partial charge in [-0.25, -0.2) is 4.98 Å². The standard InChI is InChI=1S/C23H27N5O2/c1-18-7-9-19(10-8-18)28-12-11-24-23(28)27-15-13-26(14-16-27)17-22(29)25-20-5-3-4-6-21(20)30-2/h3-12H,13-17H2,1-2H3,(H,25,29). The fraction of sp³-hybridized carbons (Fsp3) is 0.304. The van der Waals surface area contributed by atoms with E-state index in [9.17, 15) is 4.79 Å². The van der Waals surface area contributed by atoms with Gasteiger partial charge in [-0.3, -0.25) is 14.3 Å². The van der Waals surface area contributed by atoms with Gasteiger partial charge in [0, 0.05) is 44.3 Å². The number of anilines is 2. The van der Waals surface area contributed by atoms with E-state index >= 15 is 0 Å². The number of methoxy groups -OCH3 is 1. The molecular weight excluding hydrogens is 378 g/mol. The average molecular weight is 406 g/mol. The van der Waals surface area contributed by atoms with E-state index in [0.29, 0.717) is 18.0 Å². The van der Waals surface area contributed by atoms with Crippen molar-refractivity contribution in [3.05, 3.63) is 66.5 Å². The molecule has 1 N–H and O–H groups in total. The summed E-state index contributed by atoms with van der Waals surface area (Å²) in [7, 11) is 1.60. The predicted molar refractivity (Wildman–Crippen MR) is 119 cm³/mol. The van der Waals surface area contributed by atoms with Crippen LogP contribution < -0.4 is 15.0 Å². The molecule has 1 saturated heterocycles. The molecule has 0 unspecified atom stereocenters. The minimum atomic E-state index is -0.0332. The number of nitrogens with one attached hydrogen (secondary N) is 1. The van der Waals surface area contributed by atoms with Crippen molar-refractivity contribution < 1.29 is 9.53 Å². The Hall–Kier alpha value is -3.32. The van der Waals surface area contributed by atoms with Crippen molar-refractivity contribution >= 4 is 17.5 Å². The number of benzene rings is 2. The fourth-order valence-electron chi connectivity index (χ4n) is 3.68. The second kappa shape index (κ2) is 9.00. The number of aryl methyl sites for hydroxylation is 1. The lowest BCUT2D eigenvalue weighted by molar-refractivity contribution is -0.117. The van der Waals surface area contributed by atoms with Gasteiger partial charge in [0.15, 0.2) is 0 Å². The van der Waals surface area contributed by atoms with Crippen LogP contribution in [0.25, 0.3) is 5.69 Å². The summed E-state index contributed by atoms with van der Waals surface area (Å²) in [5.74, 6) is 1.57. The molecule has 7 heteroatoms. The first-order valence-electron chi connectivity index (χ1n) is 10.1. The second-order valence-corrected chi connectivity index (χ2v) is 7.44. The van der Waals surface area contributed by atoms with Crippen molar-refractivity contribution in [3.8, 4) is 11.4 Å². The summed E-state index contributed by atoms with van der Waals surface area (Å²) in [5, 5.41) is 2.95. The summed E-state index contributed by atoms with van der Waals surface area (Å²) in [6.45, 7) is 5.70. The summed E-state index contributed by atoms with van der Waals surface area (Å²) in [5.41, 5.74) is 3.04. The van der Waals surface area contributed by atoms with Gasteiger partial charge in [-0.05, 0) is 31.2 Å². The Morgan fingerprint density at radius 1 is 1.07 bits per heavy atom. The van der Waals surface area contributed by atoms with Crippen LogP contribution in [0.4, 0.5) is 11.6 Å². The number of piperazine rings is 1. The van der Waals surface area contributed by atoms with Gasteiger partial charge in [-0.2, -0.15) is 0 Å². The van der Waals surface area contributed by atoms with E-state index in [1.54, 1.807) is 7.11 Å². The predicted octanol–water partition coefficient (Wildman–Crippen LogP) is 2.95. The second-order valence-electron chi connectivity index (χ2n) is 7.44. The largest absolute Gasteiger partial charge is 0.495 e. The highest BCUT2D eigenvalue weighted by Crippen LogP contribution is 2.23.